The Morgan fingerprint density at radius 3 is 2.47 bits per heavy atom. The van der Waals surface area contributed by atoms with Crippen LogP contribution in [0, 0.1) is 5.92 Å². The lowest BCUT2D eigenvalue weighted by atomic mass is 9.97. The standard InChI is InChI=1S/C8H10F3N3S/c9-8(10,11)6-1-3-14(4-2-6)7-12-5-15-13-7/h5-6H,1-4H2. The summed E-state index contributed by atoms with van der Waals surface area (Å²) in [6.45, 7) is 0.780. The number of hydrogen-bond donors (Lipinski definition) is 0. The predicted octanol–water partition coefficient (Wildman–Crippen LogP) is 2.32. The molecule has 1 aliphatic rings. The quantitative estimate of drug-likeness (QED) is 0.750. The number of piperidine rings is 1. The monoisotopic (exact) mass is 237 g/mol. The molecule has 1 aliphatic heterocycles. The number of nitrogens with zero attached hydrogens (tertiary/aromatic N) is 3. The van der Waals surface area contributed by atoms with Gasteiger partial charge in [0, 0.05) is 13.1 Å². The van der Waals surface area contributed by atoms with E-state index in [2.05, 4.69) is 9.36 Å². The maximum atomic E-state index is 12.4. The molecular formula is C8H10F3N3S. The minimum atomic E-state index is -4.05. The van der Waals surface area contributed by atoms with Crippen molar-refractivity contribution >= 4 is 17.5 Å². The number of hydrogen-bond acceptors (Lipinski definition) is 4. The normalized spacial score (nSPS) is 19.5. The molecule has 2 rings (SSSR count). The molecule has 0 aliphatic carbocycles. The highest BCUT2D eigenvalue weighted by molar-refractivity contribution is 7.03. The summed E-state index contributed by atoms with van der Waals surface area (Å²) in [5.41, 5.74) is 1.59. The van der Waals surface area contributed by atoms with Crippen LogP contribution < -0.4 is 4.90 Å². The second-order valence-electron chi connectivity index (χ2n) is 3.53. The van der Waals surface area contributed by atoms with E-state index in [4.69, 9.17) is 0 Å². The molecule has 3 nitrogen and oxygen atoms in total. The molecular weight excluding hydrogens is 227 g/mol. The molecule has 0 saturated carbocycles. The molecule has 1 aromatic rings. The van der Waals surface area contributed by atoms with Gasteiger partial charge in [-0.25, -0.2) is 4.98 Å². The molecule has 0 bridgehead atoms. The molecule has 0 atom stereocenters. The fraction of sp³-hybridized carbons (Fsp3) is 0.750. The van der Waals surface area contributed by atoms with Gasteiger partial charge in [0.2, 0.25) is 5.95 Å². The fourth-order valence-corrected chi connectivity index (χ4v) is 2.16. The van der Waals surface area contributed by atoms with Crippen LogP contribution in [0.15, 0.2) is 5.51 Å². The van der Waals surface area contributed by atoms with Gasteiger partial charge in [-0.1, -0.05) is 0 Å². The van der Waals surface area contributed by atoms with Gasteiger partial charge in [0.25, 0.3) is 0 Å². The fourth-order valence-electron chi connectivity index (χ4n) is 1.71. The third-order valence-electron chi connectivity index (χ3n) is 2.59. The van der Waals surface area contributed by atoms with Gasteiger partial charge in [0.1, 0.15) is 5.51 Å². The van der Waals surface area contributed by atoms with Crippen LogP contribution >= 0.6 is 11.5 Å². The Hall–Kier alpha value is -0.850. The van der Waals surface area contributed by atoms with E-state index in [1.807, 2.05) is 0 Å². The second kappa shape index (κ2) is 3.96. The van der Waals surface area contributed by atoms with Crippen molar-refractivity contribution < 1.29 is 13.2 Å². The molecule has 1 fully saturated rings. The van der Waals surface area contributed by atoms with E-state index in [1.165, 1.54) is 11.5 Å². The minimum Gasteiger partial charge on any atom is -0.340 e. The molecule has 2 heterocycles. The first-order chi connectivity index (χ1) is 7.07. The zero-order valence-electron chi connectivity index (χ0n) is 7.87. The van der Waals surface area contributed by atoms with Crippen molar-refractivity contribution in [1.82, 2.24) is 9.36 Å². The zero-order valence-corrected chi connectivity index (χ0v) is 8.68. The lowest BCUT2D eigenvalue weighted by Gasteiger charge is -2.32. The summed E-state index contributed by atoms with van der Waals surface area (Å²) in [6, 6.07) is 0. The highest BCUT2D eigenvalue weighted by atomic mass is 32.1. The minimum absolute atomic E-state index is 0.142. The molecule has 15 heavy (non-hydrogen) atoms. The van der Waals surface area contributed by atoms with E-state index in [1.54, 1.807) is 10.4 Å². The van der Waals surface area contributed by atoms with Crippen LogP contribution in [0.5, 0.6) is 0 Å². The molecule has 84 valence electrons. The topological polar surface area (TPSA) is 29.0 Å². The highest BCUT2D eigenvalue weighted by Crippen LogP contribution is 2.34. The van der Waals surface area contributed by atoms with E-state index in [-0.39, 0.29) is 12.8 Å². The summed E-state index contributed by atoms with van der Waals surface area (Å²) in [7, 11) is 0. The second-order valence-corrected chi connectivity index (χ2v) is 4.14. The van der Waals surface area contributed by atoms with Gasteiger partial charge < -0.3 is 4.90 Å². The molecule has 1 saturated heterocycles. The van der Waals surface area contributed by atoms with Crippen LogP contribution in [0.2, 0.25) is 0 Å². The Morgan fingerprint density at radius 2 is 2.00 bits per heavy atom. The third kappa shape index (κ3) is 2.39. The van der Waals surface area contributed by atoms with Gasteiger partial charge in [-0.15, -0.1) is 0 Å². The van der Waals surface area contributed by atoms with Crippen molar-refractivity contribution in [2.24, 2.45) is 5.92 Å². The summed E-state index contributed by atoms with van der Waals surface area (Å²) < 4.78 is 41.1. The van der Waals surface area contributed by atoms with E-state index < -0.39 is 12.1 Å². The molecule has 1 aromatic heterocycles. The van der Waals surface area contributed by atoms with Crippen molar-refractivity contribution in [1.29, 1.82) is 0 Å². The SMILES string of the molecule is FC(F)(F)C1CCN(c2ncsn2)CC1. The average Bonchev–Trinajstić information content (AvgIpc) is 2.69. The van der Waals surface area contributed by atoms with Crippen LogP contribution in [-0.4, -0.2) is 28.6 Å². The number of alkyl halides is 3. The van der Waals surface area contributed by atoms with Crippen LogP contribution in [0.4, 0.5) is 19.1 Å². The first-order valence-electron chi connectivity index (χ1n) is 4.65. The Morgan fingerprint density at radius 1 is 1.33 bits per heavy atom. The Bertz CT molecular complexity index is 303. The molecule has 0 amide bonds. The predicted molar refractivity (Wildman–Crippen MR) is 50.9 cm³/mol. The Kier molecular flexibility index (Phi) is 2.81. The largest absolute Gasteiger partial charge is 0.391 e. The van der Waals surface area contributed by atoms with E-state index in [0.717, 1.165) is 0 Å². The lowest BCUT2D eigenvalue weighted by Crippen LogP contribution is -2.39. The zero-order chi connectivity index (χ0) is 10.9. The van der Waals surface area contributed by atoms with Crippen molar-refractivity contribution in [3.05, 3.63) is 5.51 Å². The molecule has 0 aromatic carbocycles. The number of halogens is 3. The van der Waals surface area contributed by atoms with Crippen LogP contribution in [0.25, 0.3) is 0 Å². The van der Waals surface area contributed by atoms with Gasteiger partial charge >= 0.3 is 6.18 Å². The van der Waals surface area contributed by atoms with Crippen molar-refractivity contribution in [3.8, 4) is 0 Å². The number of aromatic nitrogens is 2. The highest BCUT2D eigenvalue weighted by Gasteiger charge is 2.41. The van der Waals surface area contributed by atoms with Crippen molar-refractivity contribution in [2.45, 2.75) is 19.0 Å². The van der Waals surface area contributed by atoms with Crippen LogP contribution in [-0.2, 0) is 0 Å². The van der Waals surface area contributed by atoms with Crippen molar-refractivity contribution in [2.75, 3.05) is 18.0 Å². The number of rotatable bonds is 1. The molecule has 0 unspecified atom stereocenters. The van der Waals surface area contributed by atoms with Crippen molar-refractivity contribution in [3.63, 3.8) is 0 Å². The van der Waals surface area contributed by atoms with Crippen LogP contribution in [0.1, 0.15) is 12.8 Å². The van der Waals surface area contributed by atoms with Crippen LogP contribution in [0.3, 0.4) is 0 Å². The molecule has 7 heteroatoms. The smallest absolute Gasteiger partial charge is 0.340 e. The summed E-state index contributed by atoms with van der Waals surface area (Å²) in [4.78, 5) is 5.78. The lowest BCUT2D eigenvalue weighted by molar-refractivity contribution is -0.179. The molecule has 0 radical (unpaired) electrons. The maximum Gasteiger partial charge on any atom is 0.391 e. The summed E-state index contributed by atoms with van der Waals surface area (Å²) in [5.74, 6) is -0.604. The summed E-state index contributed by atoms with van der Waals surface area (Å²) >= 11 is 1.21. The maximum absolute atomic E-state index is 12.4. The molecule has 0 N–H and O–H groups in total. The van der Waals surface area contributed by atoms with E-state index in [0.29, 0.717) is 19.0 Å². The van der Waals surface area contributed by atoms with Gasteiger partial charge in [0.05, 0.1) is 5.92 Å². The van der Waals surface area contributed by atoms with E-state index in [9.17, 15) is 13.2 Å². The Labute approximate surface area is 89.1 Å². The van der Waals surface area contributed by atoms with Gasteiger partial charge in [0.15, 0.2) is 0 Å². The Balaban J connectivity index is 1.93. The first-order valence-corrected chi connectivity index (χ1v) is 5.49. The van der Waals surface area contributed by atoms with E-state index >= 15 is 0 Å². The summed E-state index contributed by atoms with van der Waals surface area (Å²) in [6.07, 6.45) is -3.77. The number of anilines is 1. The average molecular weight is 237 g/mol. The first kappa shape index (κ1) is 10.7. The molecule has 0 spiro atoms. The van der Waals surface area contributed by atoms with Gasteiger partial charge in [-0.2, -0.15) is 17.5 Å². The van der Waals surface area contributed by atoms with Gasteiger partial charge in [-0.05, 0) is 24.4 Å². The summed E-state index contributed by atoms with van der Waals surface area (Å²) in [5, 5.41) is 0. The third-order valence-corrected chi connectivity index (χ3v) is 3.06. The van der Waals surface area contributed by atoms with Gasteiger partial charge in [-0.3, -0.25) is 0 Å².